The highest BCUT2D eigenvalue weighted by Crippen LogP contribution is 2.26. The van der Waals surface area contributed by atoms with Crippen LogP contribution in [0.25, 0.3) is 0 Å². The number of carboxylic acid groups (broad SMARTS) is 1. The minimum absolute atomic E-state index is 0.0604. The summed E-state index contributed by atoms with van der Waals surface area (Å²) in [6.07, 6.45) is 3.01. The van der Waals surface area contributed by atoms with E-state index in [1.807, 2.05) is 4.57 Å². The molecule has 0 radical (unpaired) electrons. The maximum atomic E-state index is 11.1. The molecule has 0 aromatic carbocycles. The van der Waals surface area contributed by atoms with Crippen molar-refractivity contribution < 1.29 is 14.4 Å². The molecule has 1 unspecified atom stereocenters. The van der Waals surface area contributed by atoms with Crippen LogP contribution in [0.3, 0.4) is 0 Å². The third kappa shape index (κ3) is 1.51. The van der Waals surface area contributed by atoms with Gasteiger partial charge in [0.1, 0.15) is 12.0 Å². The number of fused-ring (bicyclic) bond motifs is 1. The van der Waals surface area contributed by atoms with Crippen molar-refractivity contribution >= 4 is 5.97 Å². The molecule has 7 heteroatoms. The molecular formula is C10H10N4O3. The molecule has 1 aliphatic heterocycles. The summed E-state index contributed by atoms with van der Waals surface area (Å²) in [4.78, 5) is 15.0. The van der Waals surface area contributed by atoms with Crippen LogP contribution in [0.2, 0.25) is 0 Å². The molecule has 2 aromatic rings. The maximum Gasteiger partial charge on any atom is 0.356 e. The van der Waals surface area contributed by atoms with E-state index in [0.29, 0.717) is 17.9 Å². The van der Waals surface area contributed by atoms with Crippen LogP contribution < -0.4 is 5.32 Å². The third-order valence-electron chi connectivity index (χ3n) is 2.81. The normalized spacial score (nSPS) is 18.9. The quantitative estimate of drug-likeness (QED) is 0.774. The van der Waals surface area contributed by atoms with Gasteiger partial charge in [0.2, 0.25) is 0 Å². The zero-order chi connectivity index (χ0) is 11.8. The van der Waals surface area contributed by atoms with E-state index in [1.54, 1.807) is 12.4 Å². The number of hydrogen-bond acceptors (Lipinski definition) is 5. The summed E-state index contributed by atoms with van der Waals surface area (Å²) in [7, 11) is 0. The Kier molecular flexibility index (Phi) is 2.19. The Balaban J connectivity index is 2.12. The molecule has 0 saturated heterocycles. The minimum Gasteiger partial charge on any atom is -0.476 e. The van der Waals surface area contributed by atoms with E-state index >= 15 is 0 Å². The van der Waals surface area contributed by atoms with Crippen LogP contribution in [0.5, 0.6) is 0 Å². The Morgan fingerprint density at radius 3 is 3.24 bits per heavy atom. The molecule has 1 aliphatic rings. The summed E-state index contributed by atoms with van der Waals surface area (Å²) in [5.74, 6) is -1.03. The second-order valence-electron chi connectivity index (χ2n) is 3.79. The Morgan fingerprint density at radius 1 is 1.65 bits per heavy atom. The molecular weight excluding hydrogens is 224 g/mol. The molecule has 0 saturated carbocycles. The summed E-state index contributed by atoms with van der Waals surface area (Å²) < 4.78 is 6.63. The number of imidazole rings is 1. The molecule has 3 heterocycles. The Hall–Kier alpha value is -2.15. The van der Waals surface area contributed by atoms with E-state index in [0.717, 1.165) is 6.54 Å². The molecule has 0 bridgehead atoms. The second kappa shape index (κ2) is 3.70. The lowest BCUT2D eigenvalue weighted by Crippen LogP contribution is -2.34. The molecule has 0 amide bonds. The molecule has 0 aliphatic carbocycles. The van der Waals surface area contributed by atoms with E-state index in [9.17, 15) is 4.79 Å². The monoisotopic (exact) mass is 234 g/mol. The Morgan fingerprint density at radius 2 is 2.53 bits per heavy atom. The Labute approximate surface area is 96.1 Å². The average Bonchev–Trinajstić information content (AvgIpc) is 2.97. The number of hydrogen-bond donors (Lipinski definition) is 2. The first-order chi connectivity index (χ1) is 8.27. The second-order valence-corrected chi connectivity index (χ2v) is 3.79. The number of nitrogens with zero attached hydrogens (tertiary/aromatic N) is 3. The highest BCUT2D eigenvalue weighted by molar-refractivity contribution is 5.87. The zero-order valence-corrected chi connectivity index (χ0v) is 8.83. The largest absolute Gasteiger partial charge is 0.476 e. The SMILES string of the molecule is O=C(O)c1ncn2c1C(c1ccon1)NCC2. The van der Waals surface area contributed by atoms with Crippen LogP contribution in [0.4, 0.5) is 0 Å². The van der Waals surface area contributed by atoms with Crippen molar-refractivity contribution in [2.24, 2.45) is 0 Å². The van der Waals surface area contributed by atoms with Crippen molar-refractivity contribution in [3.63, 3.8) is 0 Å². The lowest BCUT2D eigenvalue weighted by atomic mass is 10.1. The van der Waals surface area contributed by atoms with Gasteiger partial charge in [0, 0.05) is 19.2 Å². The van der Waals surface area contributed by atoms with Gasteiger partial charge >= 0.3 is 5.97 Å². The molecule has 2 aromatic heterocycles. The summed E-state index contributed by atoms with van der Waals surface area (Å²) in [5, 5.41) is 16.2. The van der Waals surface area contributed by atoms with Gasteiger partial charge in [-0.25, -0.2) is 9.78 Å². The molecule has 2 N–H and O–H groups in total. The molecule has 0 spiro atoms. The Bertz CT molecular complexity index is 546. The molecule has 7 nitrogen and oxygen atoms in total. The summed E-state index contributed by atoms with van der Waals surface area (Å²) >= 11 is 0. The lowest BCUT2D eigenvalue weighted by molar-refractivity contribution is 0.0688. The van der Waals surface area contributed by atoms with Crippen molar-refractivity contribution in [1.29, 1.82) is 0 Å². The summed E-state index contributed by atoms with van der Waals surface area (Å²) in [6.45, 7) is 1.43. The van der Waals surface area contributed by atoms with Gasteiger partial charge in [-0.05, 0) is 0 Å². The van der Waals surface area contributed by atoms with Gasteiger partial charge in [-0.3, -0.25) is 0 Å². The van der Waals surface area contributed by atoms with E-state index in [4.69, 9.17) is 9.63 Å². The smallest absolute Gasteiger partial charge is 0.356 e. The van der Waals surface area contributed by atoms with Gasteiger partial charge in [-0.1, -0.05) is 5.16 Å². The minimum atomic E-state index is -1.03. The van der Waals surface area contributed by atoms with Crippen LogP contribution >= 0.6 is 0 Å². The predicted molar refractivity (Wildman–Crippen MR) is 55.5 cm³/mol. The van der Waals surface area contributed by atoms with E-state index in [1.165, 1.54) is 6.26 Å². The van der Waals surface area contributed by atoms with Crippen molar-refractivity contribution in [3.8, 4) is 0 Å². The maximum absolute atomic E-state index is 11.1. The third-order valence-corrected chi connectivity index (χ3v) is 2.81. The van der Waals surface area contributed by atoms with Crippen molar-refractivity contribution in [1.82, 2.24) is 20.0 Å². The average molecular weight is 234 g/mol. The number of aromatic nitrogens is 3. The molecule has 1 atom stereocenters. The number of nitrogens with one attached hydrogen (secondary N) is 1. The van der Waals surface area contributed by atoms with Crippen molar-refractivity contribution in [2.75, 3.05) is 6.54 Å². The molecule has 88 valence electrons. The fourth-order valence-corrected chi connectivity index (χ4v) is 2.08. The van der Waals surface area contributed by atoms with Crippen molar-refractivity contribution in [3.05, 3.63) is 35.7 Å². The van der Waals surface area contributed by atoms with Gasteiger partial charge in [0.25, 0.3) is 0 Å². The molecule has 17 heavy (non-hydrogen) atoms. The highest BCUT2D eigenvalue weighted by Gasteiger charge is 2.30. The first-order valence-electron chi connectivity index (χ1n) is 5.19. The van der Waals surface area contributed by atoms with Gasteiger partial charge in [-0.2, -0.15) is 0 Å². The van der Waals surface area contributed by atoms with Crippen LogP contribution in [0.1, 0.15) is 27.9 Å². The standard InChI is InChI=1S/C10H10N4O3/c15-10(16)8-9-7(6-1-4-17-13-6)11-2-3-14(9)5-12-8/h1,4-5,7,11H,2-3H2,(H,15,16). The van der Waals surface area contributed by atoms with Gasteiger partial charge in [-0.15, -0.1) is 0 Å². The van der Waals surface area contributed by atoms with Crippen LogP contribution in [0.15, 0.2) is 23.2 Å². The lowest BCUT2D eigenvalue weighted by Gasteiger charge is -2.24. The summed E-state index contributed by atoms with van der Waals surface area (Å²) in [6, 6.07) is 1.43. The topological polar surface area (TPSA) is 93.2 Å². The van der Waals surface area contributed by atoms with Crippen LogP contribution in [0, 0.1) is 0 Å². The number of aromatic carboxylic acids is 1. The zero-order valence-electron chi connectivity index (χ0n) is 8.83. The fourth-order valence-electron chi connectivity index (χ4n) is 2.08. The van der Waals surface area contributed by atoms with Gasteiger partial charge < -0.3 is 19.5 Å². The number of carbonyl (C=O) groups is 1. The van der Waals surface area contributed by atoms with E-state index in [-0.39, 0.29) is 11.7 Å². The first-order valence-corrected chi connectivity index (χ1v) is 5.19. The predicted octanol–water partition coefficient (Wildman–Crippen LogP) is 0.262. The molecule has 0 fully saturated rings. The van der Waals surface area contributed by atoms with Crippen molar-refractivity contribution in [2.45, 2.75) is 12.6 Å². The highest BCUT2D eigenvalue weighted by atomic mass is 16.5. The van der Waals surface area contributed by atoms with E-state index in [2.05, 4.69) is 15.5 Å². The first kappa shape index (κ1) is 10.0. The number of rotatable bonds is 2. The number of carboxylic acids is 1. The summed E-state index contributed by atoms with van der Waals surface area (Å²) in [5.41, 5.74) is 1.34. The van der Waals surface area contributed by atoms with Crippen LogP contribution in [-0.2, 0) is 6.54 Å². The van der Waals surface area contributed by atoms with Gasteiger partial charge in [0.05, 0.1) is 18.1 Å². The fraction of sp³-hybridized carbons (Fsp3) is 0.300. The van der Waals surface area contributed by atoms with Gasteiger partial charge in [0.15, 0.2) is 5.69 Å². The van der Waals surface area contributed by atoms with E-state index < -0.39 is 5.97 Å². The molecule has 3 rings (SSSR count). The van der Waals surface area contributed by atoms with Crippen LogP contribution in [-0.4, -0.2) is 32.3 Å².